The van der Waals surface area contributed by atoms with Gasteiger partial charge in [-0.05, 0) is 17.4 Å². The van der Waals surface area contributed by atoms with Crippen molar-refractivity contribution in [3.63, 3.8) is 0 Å². The first-order valence-corrected chi connectivity index (χ1v) is 6.57. The zero-order valence-corrected chi connectivity index (χ0v) is 11.7. The van der Waals surface area contributed by atoms with Gasteiger partial charge in [0.15, 0.2) is 0 Å². The SMILES string of the molecule is C=C(C(=O)Oc1cccc2ccccc12)C(O)C(C)C. The molecule has 1 unspecified atom stereocenters. The Morgan fingerprint density at radius 1 is 1.15 bits per heavy atom. The van der Waals surface area contributed by atoms with Gasteiger partial charge in [0, 0.05) is 5.39 Å². The zero-order chi connectivity index (χ0) is 14.7. The lowest BCUT2D eigenvalue weighted by molar-refractivity contribution is -0.131. The first kappa shape index (κ1) is 14.3. The van der Waals surface area contributed by atoms with Crippen molar-refractivity contribution in [3.8, 4) is 5.75 Å². The van der Waals surface area contributed by atoms with Crippen LogP contribution in [0.15, 0.2) is 54.6 Å². The molecule has 1 atom stereocenters. The van der Waals surface area contributed by atoms with Gasteiger partial charge in [-0.25, -0.2) is 4.79 Å². The summed E-state index contributed by atoms with van der Waals surface area (Å²) in [4.78, 5) is 12.0. The number of hydrogen-bond donors (Lipinski definition) is 1. The normalized spacial score (nSPS) is 12.4. The van der Waals surface area contributed by atoms with Crippen LogP contribution in [0.1, 0.15) is 13.8 Å². The van der Waals surface area contributed by atoms with E-state index in [1.54, 1.807) is 6.07 Å². The topological polar surface area (TPSA) is 46.5 Å². The lowest BCUT2D eigenvalue weighted by Gasteiger charge is -2.16. The van der Waals surface area contributed by atoms with Crippen molar-refractivity contribution in [2.75, 3.05) is 0 Å². The van der Waals surface area contributed by atoms with Crippen LogP contribution in [0.3, 0.4) is 0 Å². The lowest BCUT2D eigenvalue weighted by atomic mass is 10.0. The largest absolute Gasteiger partial charge is 0.422 e. The maximum Gasteiger partial charge on any atom is 0.341 e. The van der Waals surface area contributed by atoms with Gasteiger partial charge in [0.1, 0.15) is 5.75 Å². The van der Waals surface area contributed by atoms with E-state index < -0.39 is 12.1 Å². The molecule has 0 aromatic heterocycles. The van der Waals surface area contributed by atoms with Gasteiger partial charge >= 0.3 is 5.97 Å². The smallest absolute Gasteiger partial charge is 0.341 e. The first-order chi connectivity index (χ1) is 9.50. The van der Waals surface area contributed by atoms with Crippen LogP contribution in [-0.4, -0.2) is 17.2 Å². The van der Waals surface area contributed by atoms with Crippen molar-refractivity contribution in [2.24, 2.45) is 5.92 Å². The summed E-state index contributed by atoms with van der Waals surface area (Å²) in [5, 5.41) is 11.7. The molecule has 3 nitrogen and oxygen atoms in total. The predicted octanol–water partition coefficient (Wildman–Crippen LogP) is 3.32. The Labute approximate surface area is 118 Å². The summed E-state index contributed by atoms with van der Waals surface area (Å²) < 4.78 is 5.36. The van der Waals surface area contributed by atoms with Crippen molar-refractivity contribution in [2.45, 2.75) is 20.0 Å². The number of carbonyl (C=O) groups is 1. The Bertz CT molecular complexity index is 638. The van der Waals surface area contributed by atoms with E-state index in [0.717, 1.165) is 10.8 Å². The summed E-state index contributed by atoms with van der Waals surface area (Å²) in [6.07, 6.45) is -0.891. The minimum absolute atomic E-state index is 0.0768. The first-order valence-electron chi connectivity index (χ1n) is 6.57. The van der Waals surface area contributed by atoms with Gasteiger partial charge in [-0.3, -0.25) is 0 Å². The fourth-order valence-corrected chi connectivity index (χ4v) is 1.97. The molecule has 0 aliphatic heterocycles. The monoisotopic (exact) mass is 270 g/mol. The van der Waals surface area contributed by atoms with Crippen LogP contribution >= 0.6 is 0 Å². The molecule has 20 heavy (non-hydrogen) atoms. The third-order valence-electron chi connectivity index (χ3n) is 3.20. The molecule has 2 rings (SSSR count). The average Bonchev–Trinajstić information content (AvgIpc) is 2.46. The van der Waals surface area contributed by atoms with Crippen molar-refractivity contribution in [3.05, 3.63) is 54.6 Å². The molecule has 2 aromatic rings. The highest BCUT2D eigenvalue weighted by atomic mass is 16.5. The molecule has 0 spiro atoms. The zero-order valence-electron chi connectivity index (χ0n) is 11.7. The molecule has 0 amide bonds. The van der Waals surface area contributed by atoms with Crippen LogP contribution in [0.2, 0.25) is 0 Å². The van der Waals surface area contributed by atoms with Crippen molar-refractivity contribution >= 4 is 16.7 Å². The fraction of sp³-hybridized carbons (Fsp3) is 0.235. The number of aliphatic hydroxyl groups is 1. The number of benzene rings is 2. The summed E-state index contributed by atoms with van der Waals surface area (Å²) in [5.74, 6) is -0.199. The molecule has 0 heterocycles. The third-order valence-corrected chi connectivity index (χ3v) is 3.20. The van der Waals surface area contributed by atoms with Gasteiger partial charge in [-0.15, -0.1) is 0 Å². The number of hydrogen-bond acceptors (Lipinski definition) is 3. The molecule has 2 aromatic carbocycles. The van der Waals surface area contributed by atoms with Crippen molar-refractivity contribution in [1.82, 2.24) is 0 Å². The van der Waals surface area contributed by atoms with Crippen molar-refractivity contribution in [1.29, 1.82) is 0 Å². The Kier molecular flexibility index (Phi) is 4.20. The average molecular weight is 270 g/mol. The standard InChI is InChI=1S/C17H18O3/c1-11(2)16(18)12(3)17(19)20-15-10-6-8-13-7-4-5-9-14(13)15/h4-11,16,18H,3H2,1-2H3. The molecular weight excluding hydrogens is 252 g/mol. The molecule has 0 aliphatic rings. The van der Waals surface area contributed by atoms with E-state index >= 15 is 0 Å². The lowest BCUT2D eigenvalue weighted by Crippen LogP contribution is -2.25. The second-order valence-corrected chi connectivity index (χ2v) is 5.08. The van der Waals surface area contributed by atoms with Crippen molar-refractivity contribution < 1.29 is 14.6 Å². The third kappa shape index (κ3) is 2.89. The van der Waals surface area contributed by atoms with Crippen LogP contribution in [0.25, 0.3) is 10.8 Å². The molecule has 0 fully saturated rings. The van der Waals surface area contributed by atoms with Gasteiger partial charge in [0.25, 0.3) is 0 Å². The number of carbonyl (C=O) groups excluding carboxylic acids is 1. The molecular formula is C17H18O3. The number of aliphatic hydroxyl groups excluding tert-OH is 1. The Balaban J connectivity index is 2.24. The van der Waals surface area contributed by atoms with E-state index in [2.05, 4.69) is 6.58 Å². The predicted molar refractivity (Wildman–Crippen MR) is 79.6 cm³/mol. The van der Waals surface area contributed by atoms with Crippen LogP contribution in [0.4, 0.5) is 0 Å². The van der Waals surface area contributed by atoms with Crippen LogP contribution < -0.4 is 4.74 Å². The molecule has 1 N–H and O–H groups in total. The summed E-state index contributed by atoms with van der Waals surface area (Å²) in [5.41, 5.74) is 0.0768. The van der Waals surface area contributed by atoms with Crippen LogP contribution in [0, 0.1) is 5.92 Å². The maximum absolute atomic E-state index is 12.0. The van der Waals surface area contributed by atoms with E-state index in [1.807, 2.05) is 50.2 Å². The summed E-state index contributed by atoms with van der Waals surface area (Å²) in [6, 6.07) is 13.2. The molecule has 3 heteroatoms. The minimum Gasteiger partial charge on any atom is -0.422 e. The van der Waals surface area contributed by atoms with E-state index in [-0.39, 0.29) is 11.5 Å². The van der Waals surface area contributed by atoms with E-state index in [9.17, 15) is 9.90 Å². The highest BCUT2D eigenvalue weighted by molar-refractivity contribution is 5.95. The molecule has 0 radical (unpaired) electrons. The van der Waals surface area contributed by atoms with E-state index in [0.29, 0.717) is 5.75 Å². The highest BCUT2D eigenvalue weighted by Crippen LogP contribution is 2.26. The van der Waals surface area contributed by atoms with Gasteiger partial charge in [0.2, 0.25) is 0 Å². The Morgan fingerprint density at radius 2 is 1.80 bits per heavy atom. The Morgan fingerprint density at radius 3 is 2.50 bits per heavy atom. The molecule has 0 saturated carbocycles. The van der Waals surface area contributed by atoms with Gasteiger partial charge < -0.3 is 9.84 Å². The summed E-state index contributed by atoms with van der Waals surface area (Å²) in [7, 11) is 0. The van der Waals surface area contributed by atoms with Gasteiger partial charge in [-0.2, -0.15) is 0 Å². The minimum atomic E-state index is -0.891. The van der Waals surface area contributed by atoms with E-state index in [1.165, 1.54) is 0 Å². The summed E-state index contributed by atoms with van der Waals surface area (Å²) in [6.45, 7) is 7.27. The number of fused-ring (bicyclic) bond motifs is 1. The van der Waals surface area contributed by atoms with E-state index in [4.69, 9.17) is 4.74 Å². The molecule has 0 aliphatic carbocycles. The van der Waals surface area contributed by atoms with Gasteiger partial charge in [0.05, 0.1) is 11.7 Å². The fourth-order valence-electron chi connectivity index (χ4n) is 1.97. The second-order valence-electron chi connectivity index (χ2n) is 5.08. The van der Waals surface area contributed by atoms with Crippen LogP contribution in [-0.2, 0) is 4.79 Å². The quantitative estimate of drug-likeness (QED) is 0.526. The highest BCUT2D eigenvalue weighted by Gasteiger charge is 2.21. The molecule has 0 bridgehead atoms. The number of esters is 1. The molecule has 0 saturated heterocycles. The Hall–Kier alpha value is -2.13. The second kappa shape index (κ2) is 5.88. The number of ether oxygens (including phenoxy) is 1. The number of rotatable bonds is 4. The maximum atomic E-state index is 12.0. The van der Waals surface area contributed by atoms with Crippen LogP contribution in [0.5, 0.6) is 5.75 Å². The molecule has 104 valence electrons. The van der Waals surface area contributed by atoms with Gasteiger partial charge in [-0.1, -0.05) is 56.8 Å². The summed E-state index contributed by atoms with van der Waals surface area (Å²) >= 11 is 0.